The fourth-order valence-corrected chi connectivity index (χ4v) is 2.28. The van der Waals surface area contributed by atoms with Gasteiger partial charge in [0.15, 0.2) is 11.6 Å². The topological polar surface area (TPSA) is 98.7 Å². The van der Waals surface area contributed by atoms with Crippen LogP contribution in [0.25, 0.3) is 5.57 Å². The van der Waals surface area contributed by atoms with Gasteiger partial charge in [-0.3, -0.25) is 9.78 Å². The second-order valence-electron chi connectivity index (χ2n) is 8.19. The van der Waals surface area contributed by atoms with Gasteiger partial charge < -0.3 is 9.47 Å². The molecule has 0 bridgehead atoms. The molecular formula is C19H25N3O5. The molecule has 146 valence electrons. The van der Waals surface area contributed by atoms with Gasteiger partial charge in [0.2, 0.25) is 0 Å². The predicted octanol–water partition coefficient (Wildman–Crippen LogP) is 3.90. The largest absolute Gasteiger partial charge is 0.443 e. The number of imide groups is 1. The number of ether oxygens (including phenoxy) is 2. The smallest absolute Gasteiger partial charge is 0.425 e. The number of hydrogen-bond acceptors (Lipinski definition) is 7. The Morgan fingerprint density at radius 1 is 0.926 bits per heavy atom. The number of allylic oxidation sites excluding steroid dienone is 2. The van der Waals surface area contributed by atoms with Crippen molar-refractivity contribution < 1.29 is 23.9 Å². The van der Waals surface area contributed by atoms with Gasteiger partial charge in [0.25, 0.3) is 0 Å². The standard InChI is InChI=1S/C19H25N3O5/c1-18(2,3)26-16(24)22(17(25)27-19(4,5)6)15-11-20-14(10-21-15)12-7-8-13(23)9-12/h9-11H,7-8H2,1-6H3. The van der Waals surface area contributed by atoms with Gasteiger partial charge in [-0.05, 0) is 59.6 Å². The van der Waals surface area contributed by atoms with Crippen LogP contribution in [0.3, 0.4) is 0 Å². The number of nitrogens with zero attached hydrogens (tertiary/aromatic N) is 3. The highest BCUT2D eigenvalue weighted by molar-refractivity contribution is 6.08. The molecule has 1 aliphatic carbocycles. The minimum Gasteiger partial charge on any atom is -0.443 e. The number of hydrogen-bond donors (Lipinski definition) is 0. The maximum Gasteiger partial charge on any atom is 0.425 e. The van der Waals surface area contributed by atoms with Crippen LogP contribution in [-0.2, 0) is 14.3 Å². The van der Waals surface area contributed by atoms with E-state index in [4.69, 9.17) is 9.47 Å². The lowest BCUT2D eigenvalue weighted by molar-refractivity contribution is -0.114. The van der Waals surface area contributed by atoms with Crippen LogP contribution in [-0.4, -0.2) is 39.1 Å². The highest BCUT2D eigenvalue weighted by Crippen LogP contribution is 2.25. The third-order valence-corrected chi connectivity index (χ3v) is 3.32. The van der Waals surface area contributed by atoms with Gasteiger partial charge in [-0.2, -0.15) is 4.90 Å². The maximum atomic E-state index is 12.5. The summed E-state index contributed by atoms with van der Waals surface area (Å²) >= 11 is 0. The zero-order valence-corrected chi connectivity index (χ0v) is 16.5. The second-order valence-corrected chi connectivity index (χ2v) is 8.19. The van der Waals surface area contributed by atoms with E-state index in [-0.39, 0.29) is 11.6 Å². The van der Waals surface area contributed by atoms with Crippen LogP contribution in [0.15, 0.2) is 18.5 Å². The molecule has 0 unspecified atom stereocenters. The van der Waals surface area contributed by atoms with Crippen molar-refractivity contribution in [2.24, 2.45) is 0 Å². The molecule has 27 heavy (non-hydrogen) atoms. The predicted molar refractivity (Wildman–Crippen MR) is 99.2 cm³/mol. The molecule has 0 aliphatic heterocycles. The van der Waals surface area contributed by atoms with Crippen molar-refractivity contribution in [3.8, 4) is 0 Å². The van der Waals surface area contributed by atoms with Gasteiger partial charge in [0, 0.05) is 6.42 Å². The van der Waals surface area contributed by atoms with Crippen LogP contribution in [0, 0.1) is 0 Å². The summed E-state index contributed by atoms with van der Waals surface area (Å²) in [5.41, 5.74) is -0.308. The van der Waals surface area contributed by atoms with Crippen molar-refractivity contribution in [2.45, 2.75) is 65.6 Å². The number of anilines is 1. The van der Waals surface area contributed by atoms with E-state index in [0.717, 1.165) is 5.57 Å². The molecule has 1 aromatic rings. The number of amides is 2. The Kier molecular flexibility index (Phi) is 5.67. The average Bonchev–Trinajstić information content (AvgIpc) is 2.91. The average molecular weight is 375 g/mol. The van der Waals surface area contributed by atoms with E-state index >= 15 is 0 Å². The summed E-state index contributed by atoms with van der Waals surface area (Å²) in [5.74, 6) is 0.0205. The molecule has 2 amide bonds. The highest BCUT2D eigenvalue weighted by Gasteiger charge is 2.33. The number of carbonyl (C=O) groups is 3. The van der Waals surface area contributed by atoms with Gasteiger partial charge >= 0.3 is 12.2 Å². The maximum absolute atomic E-state index is 12.5. The van der Waals surface area contributed by atoms with Crippen molar-refractivity contribution >= 4 is 29.4 Å². The van der Waals surface area contributed by atoms with E-state index in [2.05, 4.69) is 9.97 Å². The number of rotatable bonds is 2. The molecule has 0 spiro atoms. The fraction of sp³-hybridized carbons (Fsp3) is 0.526. The lowest BCUT2D eigenvalue weighted by atomic mass is 10.2. The van der Waals surface area contributed by atoms with E-state index < -0.39 is 23.4 Å². The van der Waals surface area contributed by atoms with Crippen LogP contribution in [0.1, 0.15) is 60.1 Å². The number of carbonyl (C=O) groups excluding carboxylic acids is 3. The molecule has 2 rings (SSSR count). The summed E-state index contributed by atoms with van der Waals surface area (Å²) < 4.78 is 10.6. The SMILES string of the molecule is CC(C)(C)OC(=O)N(C(=O)OC(C)(C)C)c1cnc(C2=CC(=O)CC2)cn1. The first-order valence-corrected chi connectivity index (χ1v) is 8.68. The molecule has 1 heterocycles. The Morgan fingerprint density at radius 2 is 1.48 bits per heavy atom. The zero-order chi connectivity index (χ0) is 20.4. The van der Waals surface area contributed by atoms with Crippen LogP contribution >= 0.6 is 0 Å². The lowest BCUT2D eigenvalue weighted by Gasteiger charge is -2.27. The van der Waals surface area contributed by atoms with E-state index in [1.165, 1.54) is 18.5 Å². The van der Waals surface area contributed by atoms with Gasteiger partial charge in [0.05, 0.1) is 18.1 Å². The second kappa shape index (κ2) is 7.46. The van der Waals surface area contributed by atoms with E-state index in [1.54, 1.807) is 41.5 Å². The Morgan fingerprint density at radius 3 is 1.85 bits per heavy atom. The number of ketones is 1. The summed E-state index contributed by atoms with van der Waals surface area (Å²) in [6.07, 6.45) is 3.45. The Bertz CT molecular complexity index is 742. The Hall–Kier alpha value is -2.77. The molecule has 0 saturated heterocycles. The van der Waals surface area contributed by atoms with Gasteiger partial charge in [-0.15, -0.1) is 0 Å². The highest BCUT2D eigenvalue weighted by atomic mass is 16.6. The third kappa shape index (κ3) is 5.87. The van der Waals surface area contributed by atoms with E-state index in [1.807, 2.05) is 0 Å². The normalized spacial score (nSPS) is 14.6. The van der Waals surface area contributed by atoms with Gasteiger partial charge in [-0.25, -0.2) is 14.6 Å². The quantitative estimate of drug-likeness (QED) is 0.773. The first-order chi connectivity index (χ1) is 12.4. The van der Waals surface area contributed by atoms with E-state index in [9.17, 15) is 14.4 Å². The van der Waals surface area contributed by atoms with Gasteiger partial charge in [0.1, 0.15) is 11.2 Å². The van der Waals surface area contributed by atoms with Crippen molar-refractivity contribution in [1.82, 2.24) is 9.97 Å². The van der Waals surface area contributed by atoms with Crippen LogP contribution in [0.5, 0.6) is 0 Å². The summed E-state index contributed by atoms with van der Waals surface area (Å²) in [6, 6.07) is 0. The fourth-order valence-electron chi connectivity index (χ4n) is 2.28. The molecule has 0 atom stereocenters. The van der Waals surface area contributed by atoms with Crippen molar-refractivity contribution in [2.75, 3.05) is 4.90 Å². The first kappa shape index (κ1) is 20.5. The lowest BCUT2D eigenvalue weighted by Crippen LogP contribution is -2.44. The summed E-state index contributed by atoms with van der Waals surface area (Å²) in [5, 5.41) is 0. The van der Waals surface area contributed by atoms with Crippen molar-refractivity contribution in [1.29, 1.82) is 0 Å². The van der Waals surface area contributed by atoms with Gasteiger partial charge in [-0.1, -0.05) is 0 Å². The Labute approximate surface area is 158 Å². The molecule has 0 radical (unpaired) electrons. The molecular weight excluding hydrogens is 350 g/mol. The monoisotopic (exact) mass is 375 g/mol. The molecule has 8 heteroatoms. The molecule has 0 N–H and O–H groups in total. The minimum absolute atomic E-state index is 0.0211. The van der Waals surface area contributed by atoms with Crippen molar-refractivity contribution in [3.05, 3.63) is 24.2 Å². The van der Waals surface area contributed by atoms with Crippen LogP contribution < -0.4 is 4.90 Å². The first-order valence-electron chi connectivity index (χ1n) is 8.68. The molecule has 8 nitrogen and oxygen atoms in total. The molecule has 1 aliphatic rings. The summed E-state index contributed by atoms with van der Waals surface area (Å²) in [4.78, 5) is 45.6. The molecule has 1 aromatic heterocycles. The zero-order valence-electron chi connectivity index (χ0n) is 16.5. The van der Waals surface area contributed by atoms with E-state index in [0.29, 0.717) is 23.4 Å². The molecule has 0 saturated carbocycles. The minimum atomic E-state index is -0.908. The Balaban J connectivity index is 2.32. The van der Waals surface area contributed by atoms with Crippen molar-refractivity contribution in [3.63, 3.8) is 0 Å². The molecule has 0 fully saturated rings. The summed E-state index contributed by atoms with van der Waals surface area (Å²) in [7, 11) is 0. The third-order valence-electron chi connectivity index (χ3n) is 3.32. The molecule has 0 aromatic carbocycles. The van der Waals surface area contributed by atoms with Crippen LogP contribution in [0.2, 0.25) is 0 Å². The number of aromatic nitrogens is 2. The van der Waals surface area contributed by atoms with Crippen LogP contribution in [0.4, 0.5) is 15.4 Å². The summed E-state index contributed by atoms with van der Waals surface area (Å²) in [6.45, 7) is 10.1.